The third-order valence-corrected chi connectivity index (χ3v) is 2.86. The summed E-state index contributed by atoms with van der Waals surface area (Å²) >= 11 is 0. The summed E-state index contributed by atoms with van der Waals surface area (Å²) in [6.07, 6.45) is 1.61. The van der Waals surface area contributed by atoms with Gasteiger partial charge in [0.15, 0.2) is 0 Å². The minimum absolute atomic E-state index is 0.373. The average Bonchev–Trinajstić information content (AvgIpc) is 2.14. The van der Waals surface area contributed by atoms with Crippen LogP contribution in [0, 0.1) is 5.92 Å². The summed E-state index contributed by atoms with van der Waals surface area (Å²) < 4.78 is 5.70. The Morgan fingerprint density at radius 3 is 2.73 bits per heavy atom. The minimum Gasteiger partial charge on any atom is -0.374 e. The van der Waals surface area contributed by atoms with E-state index in [0.29, 0.717) is 12.1 Å². The van der Waals surface area contributed by atoms with Crippen LogP contribution in [-0.2, 0) is 4.74 Å². The van der Waals surface area contributed by atoms with Crippen molar-refractivity contribution in [3.63, 3.8) is 0 Å². The van der Waals surface area contributed by atoms with E-state index in [0.717, 1.165) is 32.2 Å². The van der Waals surface area contributed by atoms with E-state index in [-0.39, 0.29) is 0 Å². The molecular formula is C12H26N2O. The molecule has 0 aliphatic carbocycles. The molecule has 0 aromatic rings. The minimum atomic E-state index is 0.373. The molecule has 2 atom stereocenters. The van der Waals surface area contributed by atoms with E-state index in [1.165, 1.54) is 6.42 Å². The standard InChI is InChI=1S/C12H26N2O/c1-10(2)7-11(3)13-8-12-9-14(4)5-6-15-12/h10-13H,5-9H2,1-4H3/t11-,12-/m0/s1. The van der Waals surface area contributed by atoms with Crippen molar-refractivity contribution in [3.8, 4) is 0 Å². The van der Waals surface area contributed by atoms with Crippen LogP contribution in [0.2, 0.25) is 0 Å². The number of likely N-dealkylation sites (N-methyl/N-ethyl adjacent to an activating group) is 1. The van der Waals surface area contributed by atoms with Crippen LogP contribution in [0.5, 0.6) is 0 Å². The van der Waals surface area contributed by atoms with E-state index in [9.17, 15) is 0 Å². The molecule has 15 heavy (non-hydrogen) atoms. The Hall–Kier alpha value is -0.120. The maximum absolute atomic E-state index is 5.70. The Labute approximate surface area is 94.2 Å². The predicted octanol–water partition coefficient (Wildman–Crippen LogP) is 1.34. The molecule has 3 nitrogen and oxygen atoms in total. The Balaban J connectivity index is 2.13. The molecule has 1 heterocycles. The van der Waals surface area contributed by atoms with E-state index >= 15 is 0 Å². The third kappa shape index (κ3) is 5.50. The molecule has 1 fully saturated rings. The van der Waals surface area contributed by atoms with Crippen molar-refractivity contribution in [1.82, 2.24) is 10.2 Å². The topological polar surface area (TPSA) is 24.5 Å². The van der Waals surface area contributed by atoms with Crippen LogP contribution in [0.4, 0.5) is 0 Å². The van der Waals surface area contributed by atoms with Crippen molar-refractivity contribution in [2.75, 3.05) is 33.3 Å². The summed E-state index contributed by atoms with van der Waals surface area (Å²) in [4.78, 5) is 2.34. The van der Waals surface area contributed by atoms with E-state index in [1.807, 2.05) is 0 Å². The lowest BCUT2D eigenvalue weighted by Gasteiger charge is -2.31. The van der Waals surface area contributed by atoms with Gasteiger partial charge in [0.25, 0.3) is 0 Å². The highest BCUT2D eigenvalue weighted by molar-refractivity contribution is 4.73. The van der Waals surface area contributed by atoms with Gasteiger partial charge < -0.3 is 15.0 Å². The van der Waals surface area contributed by atoms with Gasteiger partial charge in [-0.1, -0.05) is 13.8 Å². The molecule has 0 spiro atoms. The second-order valence-corrected chi connectivity index (χ2v) is 5.19. The van der Waals surface area contributed by atoms with Crippen LogP contribution in [-0.4, -0.2) is 50.3 Å². The van der Waals surface area contributed by atoms with Gasteiger partial charge in [0, 0.05) is 25.7 Å². The van der Waals surface area contributed by atoms with Gasteiger partial charge in [-0.05, 0) is 26.3 Å². The molecule has 1 aliphatic heterocycles. The quantitative estimate of drug-likeness (QED) is 0.747. The largest absolute Gasteiger partial charge is 0.374 e. The molecule has 0 aromatic heterocycles. The second-order valence-electron chi connectivity index (χ2n) is 5.19. The fraction of sp³-hybridized carbons (Fsp3) is 1.00. The molecule has 0 unspecified atom stereocenters. The van der Waals surface area contributed by atoms with Gasteiger partial charge in [-0.15, -0.1) is 0 Å². The van der Waals surface area contributed by atoms with Gasteiger partial charge in [0.1, 0.15) is 0 Å². The summed E-state index contributed by atoms with van der Waals surface area (Å²) in [6.45, 7) is 10.8. The molecule has 0 aromatic carbocycles. The highest BCUT2D eigenvalue weighted by Crippen LogP contribution is 2.05. The van der Waals surface area contributed by atoms with Gasteiger partial charge >= 0.3 is 0 Å². The van der Waals surface area contributed by atoms with Crippen LogP contribution >= 0.6 is 0 Å². The van der Waals surface area contributed by atoms with Crippen molar-refractivity contribution in [3.05, 3.63) is 0 Å². The van der Waals surface area contributed by atoms with Crippen molar-refractivity contribution >= 4 is 0 Å². The van der Waals surface area contributed by atoms with Crippen LogP contribution < -0.4 is 5.32 Å². The summed E-state index contributed by atoms with van der Waals surface area (Å²) in [7, 11) is 2.16. The first-order chi connectivity index (χ1) is 7.08. The van der Waals surface area contributed by atoms with E-state index < -0.39 is 0 Å². The smallest absolute Gasteiger partial charge is 0.0826 e. The second kappa shape index (κ2) is 6.46. The molecule has 1 aliphatic rings. The van der Waals surface area contributed by atoms with E-state index in [1.54, 1.807) is 0 Å². The Morgan fingerprint density at radius 2 is 2.13 bits per heavy atom. The van der Waals surface area contributed by atoms with Crippen LogP contribution in [0.1, 0.15) is 27.2 Å². The van der Waals surface area contributed by atoms with Gasteiger partial charge in [0.05, 0.1) is 12.7 Å². The predicted molar refractivity (Wildman–Crippen MR) is 64.2 cm³/mol. The lowest BCUT2D eigenvalue weighted by Crippen LogP contribution is -2.46. The van der Waals surface area contributed by atoms with Crippen LogP contribution in [0.15, 0.2) is 0 Å². The summed E-state index contributed by atoms with van der Waals surface area (Å²) in [5, 5.41) is 3.55. The number of morpholine rings is 1. The average molecular weight is 214 g/mol. The highest BCUT2D eigenvalue weighted by Gasteiger charge is 2.17. The van der Waals surface area contributed by atoms with E-state index in [2.05, 4.69) is 38.0 Å². The number of hydrogen-bond acceptors (Lipinski definition) is 3. The third-order valence-electron chi connectivity index (χ3n) is 2.86. The van der Waals surface area contributed by atoms with Crippen molar-refractivity contribution < 1.29 is 4.74 Å². The Morgan fingerprint density at radius 1 is 1.40 bits per heavy atom. The molecule has 1 N–H and O–H groups in total. The highest BCUT2D eigenvalue weighted by atomic mass is 16.5. The zero-order valence-corrected chi connectivity index (χ0v) is 10.6. The molecule has 0 saturated carbocycles. The van der Waals surface area contributed by atoms with Gasteiger partial charge in [0.2, 0.25) is 0 Å². The molecule has 1 saturated heterocycles. The number of rotatable bonds is 5. The molecule has 0 radical (unpaired) electrons. The van der Waals surface area contributed by atoms with Gasteiger partial charge in [-0.3, -0.25) is 0 Å². The van der Waals surface area contributed by atoms with Crippen LogP contribution in [0.3, 0.4) is 0 Å². The normalized spacial score (nSPS) is 25.8. The fourth-order valence-electron chi connectivity index (χ4n) is 2.11. The SMILES string of the molecule is CC(C)C[C@H](C)NC[C@H]1CN(C)CCO1. The fourth-order valence-corrected chi connectivity index (χ4v) is 2.11. The number of ether oxygens (including phenoxy) is 1. The molecule has 1 rings (SSSR count). The van der Waals surface area contributed by atoms with Crippen LogP contribution in [0.25, 0.3) is 0 Å². The first-order valence-corrected chi connectivity index (χ1v) is 6.11. The maximum atomic E-state index is 5.70. The van der Waals surface area contributed by atoms with Gasteiger partial charge in [-0.2, -0.15) is 0 Å². The van der Waals surface area contributed by atoms with Gasteiger partial charge in [-0.25, -0.2) is 0 Å². The summed E-state index contributed by atoms with van der Waals surface area (Å²) in [5.41, 5.74) is 0. The zero-order chi connectivity index (χ0) is 11.3. The lowest BCUT2D eigenvalue weighted by molar-refractivity contribution is -0.0192. The molecular weight excluding hydrogens is 188 g/mol. The first kappa shape index (κ1) is 12.9. The van der Waals surface area contributed by atoms with E-state index in [4.69, 9.17) is 4.74 Å². The first-order valence-electron chi connectivity index (χ1n) is 6.11. The summed E-state index contributed by atoms with van der Waals surface area (Å²) in [6, 6.07) is 0.598. The number of nitrogens with zero attached hydrogens (tertiary/aromatic N) is 1. The maximum Gasteiger partial charge on any atom is 0.0826 e. The van der Waals surface area contributed by atoms with Crippen molar-refractivity contribution in [2.45, 2.75) is 39.3 Å². The summed E-state index contributed by atoms with van der Waals surface area (Å²) in [5.74, 6) is 0.766. The Kier molecular flexibility index (Phi) is 5.58. The number of nitrogens with one attached hydrogen (secondary N) is 1. The van der Waals surface area contributed by atoms with Crippen molar-refractivity contribution in [1.29, 1.82) is 0 Å². The monoisotopic (exact) mass is 214 g/mol. The van der Waals surface area contributed by atoms with Crippen molar-refractivity contribution in [2.24, 2.45) is 5.92 Å². The molecule has 0 amide bonds. The lowest BCUT2D eigenvalue weighted by atomic mass is 10.1. The molecule has 0 bridgehead atoms. The Bertz CT molecular complexity index is 173. The zero-order valence-electron chi connectivity index (χ0n) is 10.6. The molecule has 3 heteroatoms. The molecule has 90 valence electrons. The number of hydrogen-bond donors (Lipinski definition) is 1.